The van der Waals surface area contributed by atoms with Crippen LogP contribution in [0, 0.1) is 0 Å². The molecule has 1 heterocycles. The van der Waals surface area contributed by atoms with Crippen molar-refractivity contribution in [3.63, 3.8) is 0 Å². The number of nitrogens with one attached hydrogen (secondary N) is 1. The van der Waals surface area contributed by atoms with Gasteiger partial charge in [0.1, 0.15) is 0 Å². The van der Waals surface area contributed by atoms with Crippen LogP contribution >= 0.6 is 0 Å². The van der Waals surface area contributed by atoms with Gasteiger partial charge in [0, 0.05) is 23.4 Å². The van der Waals surface area contributed by atoms with Gasteiger partial charge in [0.05, 0.1) is 11.7 Å². The molecule has 4 aromatic carbocycles. The van der Waals surface area contributed by atoms with Crippen molar-refractivity contribution in [1.29, 1.82) is 0 Å². The summed E-state index contributed by atoms with van der Waals surface area (Å²) in [4.78, 5) is 5.53. The Labute approximate surface area is 246 Å². The molecule has 0 saturated carbocycles. The number of para-hydroxylation sites is 1. The number of fused-ring (bicyclic) bond motifs is 1. The first kappa shape index (κ1) is 28.6. The van der Waals surface area contributed by atoms with Crippen LogP contribution in [0.3, 0.4) is 0 Å². The number of benzene rings is 4. The molecule has 1 atom stereocenters. The minimum atomic E-state index is -0.0634. The molecule has 4 aromatic rings. The summed E-state index contributed by atoms with van der Waals surface area (Å²) in [6.07, 6.45) is 5.38. The highest BCUT2D eigenvalue weighted by Crippen LogP contribution is 2.39. The second-order valence-corrected chi connectivity index (χ2v) is 12.3. The third-order valence-corrected chi connectivity index (χ3v) is 8.25. The molecule has 0 radical (unpaired) electrons. The Balaban J connectivity index is 1.73. The minimum Gasteiger partial charge on any atom is -0.373 e. The quantitative estimate of drug-likeness (QED) is 0.236. The first-order valence-electron chi connectivity index (χ1n) is 15.2. The first-order chi connectivity index (χ1) is 19.7. The van der Waals surface area contributed by atoms with Gasteiger partial charge < -0.3 is 5.32 Å². The van der Waals surface area contributed by atoms with Gasteiger partial charge in [-0.2, -0.15) is 0 Å². The molecule has 41 heavy (non-hydrogen) atoms. The van der Waals surface area contributed by atoms with Crippen molar-refractivity contribution in [2.45, 2.75) is 78.7 Å². The summed E-state index contributed by atoms with van der Waals surface area (Å²) in [6.45, 7) is 15.9. The molecular weight excluding hydrogens is 496 g/mol. The van der Waals surface area contributed by atoms with Crippen LogP contribution in [0.25, 0.3) is 16.5 Å². The fourth-order valence-corrected chi connectivity index (χ4v) is 6.04. The van der Waals surface area contributed by atoms with Crippen LogP contribution in [0.5, 0.6) is 0 Å². The van der Waals surface area contributed by atoms with Crippen molar-refractivity contribution in [2.24, 2.45) is 4.99 Å². The van der Waals surface area contributed by atoms with Crippen molar-refractivity contribution < 1.29 is 0 Å². The molecule has 0 amide bonds. The molecular formula is C39H44N2. The number of hydrogen-bond donors (Lipinski definition) is 1. The molecule has 1 N–H and O–H groups in total. The summed E-state index contributed by atoms with van der Waals surface area (Å²) in [7, 11) is 0. The predicted molar refractivity (Wildman–Crippen MR) is 179 cm³/mol. The monoisotopic (exact) mass is 540 g/mol. The summed E-state index contributed by atoms with van der Waals surface area (Å²) in [5, 5.41) is 6.60. The molecule has 2 heteroatoms. The van der Waals surface area contributed by atoms with Crippen LogP contribution in [0.2, 0.25) is 0 Å². The van der Waals surface area contributed by atoms with E-state index in [1.54, 1.807) is 0 Å². The lowest BCUT2D eigenvalue weighted by Crippen LogP contribution is -2.24. The number of rotatable bonds is 8. The SMILES string of the molecule is CC1=CCC(C(Nc2c(C(C)C)cccc2C(C)C)c2ccccc2C(C)C)=NC(c2cccc3ccccc23)=C1. The maximum Gasteiger partial charge on any atom is 0.0906 e. The van der Waals surface area contributed by atoms with E-state index in [2.05, 4.69) is 151 Å². The van der Waals surface area contributed by atoms with E-state index in [-0.39, 0.29) is 6.04 Å². The molecule has 0 aromatic heterocycles. The van der Waals surface area contributed by atoms with Gasteiger partial charge in [-0.3, -0.25) is 4.99 Å². The van der Waals surface area contributed by atoms with Gasteiger partial charge in [-0.1, -0.05) is 138 Å². The van der Waals surface area contributed by atoms with E-state index in [1.165, 1.54) is 49.9 Å². The molecule has 210 valence electrons. The molecule has 5 rings (SSSR count). The number of hydrogen-bond acceptors (Lipinski definition) is 2. The topological polar surface area (TPSA) is 24.4 Å². The lowest BCUT2D eigenvalue weighted by Gasteiger charge is -2.29. The van der Waals surface area contributed by atoms with E-state index in [9.17, 15) is 0 Å². The average molecular weight is 541 g/mol. The van der Waals surface area contributed by atoms with Crippen LogP contribution < -0.4 is 5.32 Å². The maximum absolute atomic E-state index is 5.53. The van der Waals surface area contributed by atoms with Gasteiger partial charge in [-0.15, -0.1) is 0 Å². The molecule has 1 unspecified atom stereocenters. The molecule has 0 aliphatic carbocycles. The van der Waals surface area contributed by atoms with E-state index < -0.39 is 0 Å². The molecule has 1 aliphatic heterocycles. The van der Waals surface area contributed by atoms with Crippen LogP contribution in [0.1, 0.15) is 106 Å². The largest absolute Gasteiger partial charge is 0.373 e. The van der Waals surface area contributed by atoms with E-state index in [4.69, 9.17) is 4.99 Å². The van der Waals surface area contributed by atoms with E-state index in [1.807, 2.05) is 0 Å². The number of allylic oxidation sites excluding steroid dienone is 3. The van der Waals surface area contributed by atoms with Crippen molar-refractivity contribution in [2.75, 3.05) is 5.32 Å². The van der Waals surface area contributed by atoms with Gasteiger partial charge in [0.2, 0.25) is 0 Å². The van der Waals surface area contributed by atoms with Gasteiger partial charge in [0.15, 0.2) is 0 Å². The number of aliphatic imine (C=N–C) groups is 1. The highest BCUT2D eigenvalue weighted by atomic mass is 15.0. The standard InChI is InChI=1S/C39H44N2/c1-25(2)30-16-10-11-18-35(30)39(41-38-31(26(3)4)19-13-20-32(38)27(5)6)36-23-22-28(7)24-37(40-36)34-21-12-15-29-14-8-9-17-33(29)34/h8-22,24-27,39,41H,23H2,1-7H3. The highest BCUT2D eigenvalue weighted by Gasteiger charge is 2.26. The van der Waals surface area contributed by atoms with Crippen molar-refractivity contribution in [3.8, 4) is 0 Å². The zero-order chi connectivity index (χ0) is 29.1. The summed E-state index contributed by atoms with van der Waals surface area (Å²) < 4.78 is 0. The zero-order valence-corrected chi connectivity index (χ0v) is 25.7. The fourth-order valence-electron chi connectivity index (χ4n) is 6.04. The van der Waals surface area contributed by atoms with Gasteiger partial charge in [-0.05, 0) is 63.8 Å². The van der Waals surface area contributed by atoms with Crippen LogP contribution in [0.15, 0.2) is 108 Å². The molecule has 0 spiro atoms. The predicted octanol–water partition coefficient (Wildman–Crippen LogP) is 11.2. The zero-order valence-electron chi connectivity index (χ0n) is 25.7. The first-order valence-corrected chi connectivity index (χ1v) is 15.2. The number of anilines is 1. The Morgan fingerprint density at radius 2 is 1.20 bits per heavy atom. The van der Waals surface area contributed by atoms with Crippen molar-refractivity contribution in [1.82, 2.24) is 0 Å². The Bertz CT molecular complexity index is 1600. The summed E-state index contributed by atoms with van der Waals surface area (Å²) >= 11 is 0. The molecule has 0 fully saturated rings. The molecule has 1 aliphatic rings. The van der Waals surface area contributed by atoms with Gasteiger partial charge in [0.25, 0.3) is 0 Å². The van der Waals surface area contributed by atoms with Gasteiger partial charge in [-0.25, -0.2) is 0 Å². The fraction of sp³-hybridized carbons (Fsp3) is 0.308. The van der Waals surface area contributed by atoms with Crippen LogP contribution in [-0.2, 0) is 0 Å². The highest BCUT2D eigenvalue weighted by molar-refractivity contribution is 6.02. The average Bonchev–Trinajstić information content (AvgIpc) is 3.16. The Hall–Kier alpha value is -3.91. The van der Waals surface area contributed by atoms with Crippen molar-refractivity contribution >= 4 is 27.9 Å². The molecule has 2 nitrogen and oxygen atoms in total. The second-order valence-electron chi connectivity index (χ2n) is 12.3. The van der Waals surface area contributed by atoms with E-state index in [0.717, 1.165) is 17.8 Å². The third-order valence-electron chi connectivity index (χ3n) is 8.25. The summed E-state index contributed by atoms with van der Waals surface area (Å²) in [6, 6.07) is 30.8. The lowest BCUT2D eigenvalue weighted by molar-refractivity contribution is 0.814. The Morgan fingerprint density at radius 1 is 0.634 bits per heavy atom. The summed E-state index contributed by atoms with van der Waals surface area (Å²) in [5.74, 6) is 1.21. The van der Waals surface area contributed by atoms with Gasteiger partial charge >= 0.3 is 0 Å². The van der Waals surface area contributed by atoms with Crippen LogP contribution in [-0.4, -0.2) is 5.71 Å². The molecule has 0 saturated heterocycles. The Kier molecular flexibility index (Phi) is 8.59. The summed E-state index contributed by atoms with van der Waals surface area (Å²) in [5.41, 5.74) is 11.2. The van der Waals surface area contributed by atoms with E-state index >= 15 is 0 Å². The van der Waals surface area contributed by atoms with E-state index in [0.29, 0.717) is 17.8 Å². The maximum atomic E-state index is 5.53. The Morgan fingerprint density at radius 3 is 1.88 bits per heavy atom. The minimum absolute atomic E-state index is 0.0634. The van der Waals surface area contributed by atoms with Crippen molar-refractivity contribution in [3.05, 3.63) is 130 Å². The smallest absolute Gasteiger partial charge is 0.0906 e. The molecule has 0 bridgehead atoms. The lowest BCUT2D eigenvalue weighted by atomic mass is 9.87. The normalized spacial score (nSPS) is 14.6. The van der Waals surface area contributed by atoms with Crippen LogP contribution in [0.4, 0.5) is 5.69 Å². The number of nitrogens with zero attached hydrogens (tertiary/aromatic N) is 1. The third kappa shape index (κ3) is 6.07. The second kappa shape index (κ2) is 12.3.